The zero-order chi connectivity index (χ0) is 9.68. The van der Waals surface area contributed by atoms with E-state index in [1.165, 1.54) is 7.85 Å². The van der Waals surface area contributed by atoms with Gasteiger partial charge >= 0.3 is 0 Å². The molecule has 4 heteroatoms. The highest BCUT2D eigenvalue weighted by molar-refractivity contribution is 6.57. The van der Waals surface area contributed by atoms with Crippen LogP contribution in [-0.2, 0) is 6.42 Å². The van der Waals surface area contributed by atoms with Gasteiger partial charge in [-0.05, 0) is 24.1 Å². The van der Waals surface area contributed by atoms with Crippen LogP contribution in [0.1, 0.15) is 5.56 Å². The van der Waals surface area contributed by atoms with E-state index < -0.39 is 0 Å². The largest absolute Gasteiger partial charge is 0.508 e. The van der Waals surface area contributed by atoms with Crippen molar-refractivity contribution in [2.45, 2.75) is 6.42 Å². The van der Waals surface area contributed by atoms with Crippen LogP contribution in [-0.4, -0.2) is 25.3 Å². The van der Waals surface area contributed by atoms with Crippen molar-refractivity contribution in [1.29, 1.82) is 0 Å². The molecule has 1 aromatic rings. The van der Waals surface area contributed by atoms with Crippen molar-refractivity contribution in [3.05, 3.63) is 29.8 Å². The molecule has 1 aromatic carbocycles. The first kappa shape index (κ1) is 9.64. The van der Waals surface area contributed by atoms with Gasteiger partial charge in [-0.2, -0.15) is 0 Å². The van der Waals surface area contributed by atoms with Crippen molar-refractivity contribution in [3.8, 4) is 5.75 Å². The Balaban J connectivity index is 2.37. The molecule has 0 heterocycles. The third-order valence-electron chi connectivity index (χ3n) is 1.72. The number of amides is 1. The van der Waals surface area contributed by atoms with Gasteiger partial charge in [-0.3, -0.25) is 4.79 Å². The molecule has 0 spiro atoms. The third-order valence-corrected chi connectivity index (χ3v) is 1.72. The van der Waals surface area contributed by atoms with Gasteiger partial charge in [-0.15, -0.1) is 0 Å². The number of benzene rings is 1. The van der Waals surface area contributed by atoms with Crippen molar-refractivity contribution in [2.75, 3.05) is 6.54 Å². The molecule has 0 radical (unpaired) electrons. The van der Waals surface area contributed by atoms with Crippen LogP contribution < -0.4 is 5.32 Å². The van der Waals surface area contributed by atoms with Gasteiger partial charge in [0.25, 0.3) is 0 Å². The Morgan fingerprint density at radius 2 is 2.00 bits per heavy atom. The molecule has 1 rings (SSSR count). The molecule has 2 N–H and O–H groups in total. The summed E-state index contributed by atoms with van der Waals surface area (Å²) < 4.78 is 0. The van der Waals surface area contributed by atoms with E-state index in [4.69, 9.17) is 5.11 Å². The van der Waals surface area contributed by atoms with E-state index in [0.717, 1.165) is 12.0 Å². The Kier molecular flexibility index (Phi) is 3.37. The van der Waals surface area contributed by atoms with E-state index in [1.807, 2.05) is 12.1 Å². The Bertz CT molecular complexity index is 284. The molecule has 0 aliphatic heterocycles. The lowest BCUT2D eigenvalue weighted by Gasteiger charge is -2.02. The molecular formula is C9H12BNO2. The molecular weight excluding hydrogens is 165 g/mol. The summed E-state index contributed by atoms with van der Waals surface area (Å²) in [6.45, 7) is 0.639. The summed E-state index contributed by atoms with van der Waals surface area (Å²) in [5, 5.41) is 11.7. The van der Waals surface area contributed by atoms with Crippen LogP contribution >= 0.6 is 0 Å². The zero-order valence-corrected chi connectivity index (χ0v) is 7.58. The average molecular weight is 177 g/mol. The molecule has 13 heavy (non-hydrogen) atoms. The quantitative estimate of drug-likeness (QED) is 0.651. The molecule has 0 unspecified atom stereocenters. The molecule has 0 aliphatic carbocycles. The number of hydrogen-bond donors (Lipinski definition) is 2. The average Bonchev–Trinajstić information content (AvgIpc) is 2.08. The van der Waals surface area contributed by atoms with Crippen molar-refractivity contribution in [3.63, 3.8) is 0 Å². The maximum absolute atomic E-state index is 10.5. The second-order valence-electron chi connectivity index (χ2n) is 2.90. The van der Waals surface area contributed by atoms with Crippen LogP contribution in [0.15, 0.2) is 24.3 Å². The summed E-state index contributed by atoms with van der Waals surface area (Å²) in [6.07, 6.45) is 0.792. The van der Waals surface area contributed by atoms with E-state index in [1.54, 1.807) is 12.1 Å². The number of hydrogen-bond acceptors (Lipinski definition) is 2. The number of nitrogens with one attached hydrogen (secondary N) is 1. The summed E-state index contributed by atoms with van der Waals surface area (Å²) in [6, 6.07) is 6.97. The Hall–Kier alpha value is -1.45. The van der Waals surface area contributed by atoms with E-state index in [-0.39, 0.29) is 11.6 Å². The molecule has 1 amide bonds. The molecule has 68 valence electrons. The Morgan fingerprint density at radius 1 is 1.38 bits per heavy atom. The van der Waals surface area contributed by atoms with E-state index in [9.17, 15) is 4.79 Å². The first-order valence-electron chi connectivity index (χ1n) is 4.21. The fourth-order valence-corrected chi connectivity index (χ4v) is 1.05. The molecule has 0 aliphatic rings. The van der Waals surface area contributed by atoms with Gasteiger partial charge in [0, 0.05) is 6.54 Å². The summed E-state index contributed by atoms with van der Waals surface area (Å²) in [5.74, 6) is 0.252. The lowest BCUT2D eigenvalue weighted by Crippen LogP contribution is -2.23. The number of rotatable bonds is 3. The molecule has 0 aromatic heterocycles. The first-order valence-corrected chi connectivity index (χ1v) is 4.21. The molecule has 0 bridgehead atoms. The molecule has 0 atom stereocenters. The predicted octanol–water partition coefficient (Wildman–Crippen LogP) is 0.277. The highest BCUT2D eigenvalue weighted by atomic mass is 16.3. The van der Waals surface area contributed by atoms with Crippen LogP contribution in [0.25, 0.3) is 0 Å². The van der Waals surface area contributed by atoms with Crippen LogP contribution in [0.3, 0.4) is 0 Å². The monoisotopic (exact) mass is 177 g/mol. The van der Waals surface area contributed by atoms with Crippen LogP contribution in [0.4, 0.5) is 4.79 Å². The number of carbonyl (C=O) groups is 1. The summed E-state index contributed by atoms with van der Waals surface area (Å²) in [7, 11) is 1.50. The molecule has 0 saturated carbocycles. The number of carbonyl (C=O) groups excluding carboxylic acids is 1. The van der Waals surface area contributed by atoms with Crippen molar-refractivity contribution >= 4 is 13.7 Å². The molecule has 0 saturated heterocycles. The lowest BCUT2D eigenvalue weighted by atomic mass is 10.1. The highest BCUT2D eigenvalue weighted by Crippen LogP contribution is 2.09. The van der Waals surface area contributed by atoms with Crippen molar-refractivity contribution < 1.29 is 9.90 Å². The highest BCUT2D eigenvalue weighted by Gasteiger charge is 1.94. The number of phenolic OH excluding ortho intramolecular Hbond substituents is 1. The van der Waals surface area contributed by atoms with E-state index in [2.05, 4.69) is 5.32 Å². The summed E-state index contributed by atoms with van der Waals surface area (Å²) in [5.41, 5.74) is 1.10. The van der Waals surface area contributed by atoms with Gasteiger partial charge in [0.1, 0.15) is 5.75 Å². The fourth-order valence-electron chi connectivity index (χ4n) is 1.05. The minimum Gasteiger partial charge on any atom is -0.508 e. The second-order valence-corrected chi connectivity index (χ2v) is 2.90. The van der Waals surface area contributed by atoms with Crippen molar-refractivity contribution in [1.82, 2.24) is 5.32 Å². The number of phenols is 1. The van der Waals surface area contributed by atoms with E-state index >= 15 is 0 Å². The second kappa shape index (κ2) is 4.55. The van der Waals surface area contributed by atoms with Gasteiger partial charge in [0.15, 0.2) is 5.81 Å². The minimum atomic E-state index is -0.0150. The smallest absolute Gasteiger partial charge is 0.215 e. The minimum absolute atomic E-state index is 0.0150. The van der Waals surface area contributed by atoms with Gasteiger partial charge in [0.2, 0.25) is 7.85 Å². The fraction of sp³-hybridized carbons (Fsp3) is 0.222. The van der Waals surface area contributed by atoms with Gasteiger partial charge in [0.05, 0.1) is 0 Å². The summed E-state index contributed by atoms with van der Waals surface area (Å²) in [4.78, 5) is 10.5. The van der Waals surface area contributed by atoms with Crippen LogP contribution in [0.2, 0.25) is 0 Å². The standard InChI is InChI=1S/C9H12BNO2/c10-9(13)11-6-5-7-1-3-8(12)4-2-7/h1-4,12H,5-6,10H2,(H,11,13). The third kappa shape index (κ3) is 3.65. The van der Waals surface area contributed by atoms with Gasteiger partial charge in [-0.25, -0.2) is 0 Å². The van der Waals surface area contributed by atoms with Gasteiger partial charge in [-0.1, -0.05) is 12.1 Å². The maximum Gasteiger partial charge on any atom is 0.215 e. The van der Waals surface area contributed by atoms with E-state index in [0.29, 0.717) is 6.54 Å². The Morgan fingerprint density at radius 3 is 2.54 bits per heavy atom. The van der Waals surface area contributed by atoms with Crippen molar-refractivity contribution in [2.24, 2.45) is 0 Å². The molecule has 3 nitrogen and oxygen atoms in total. The number of aromatic hydroxyl groups is 1. The first-order chi connectivity index (χ1) is 6.18. The zero-order valence-electron chi connectivity index (χ0n) is 7.58. The van der Waals surface area contributed by atoms with Crippen LogP contribution in [0.5, 0.6) is 5.75 Å². The van der Waals surface area contributed by atoms with Gasteiger partial charge < -0.3 is 10.4 Å². The summed E-state index contributed by atoms with van der Waals surface area (Å²) >= 11 is 0. The Labute approximate surface area is 78.2 Å². The molecule has 0 fully saturated rings. The topological polar surface area (TPSA) is 49.3 Å². The van der Waals surface area contributed by atoms with Crippen LogP contribution in [0, 0.1) is 0 Å². The predicted molar refractivity (Wildman–Crippen MR) is 53.8 cm³/mol. The maximum atomic E-state index is 10.5. The lowest BCUT2D eigenvalue weighted by molar-refractivity contribution is 0.259. The SMILES string of the molecule is BC(=O)NCCc1ccc(O)cc1. The normalized spacial score (nSPS) is 9.54.